The van der Waals surface area contributed by atoms with Crippen molar-refractivity contribution >= 4 is 29.1 Å². The van der Waals surface area contributed by atoms with Crippen LogP contribution in [0.15, 0.2) is 24.3 Å². The molecule has 3 rings (SSSR count). The summed E-state index contributed by atoms with van der Waals surface area (Å²) in [6.07, 6.45) is 0.117. The highest BCUT2D eigenvalue weighted by molar-refractivity contribution is 6.32. The Labute approximate surface area is 133 Å². The molecule has 0 aliphatic carbocycles. The fourth-order valence-corrected chi connectivity index (χ4v) is 2.94. The van der Waals surface area contributed by atoms with Gasteiger partial charge < -0.3 is 0 Å². The molecule has 0 saturated carbocycles. The number of aryl methyl sites for hydroxylation is 3. The Morgan fingerprint density at radius 2 is 1.91 bits per heavy atom. The zero-order chi connectivity index (χ0) is 16.0. The van der Waals surface area contributed by atoms with Gasteiger partial charge in [0.25, 0.3) is 5.91 Å². The molecule has 1 atom stereocenters. The van der Waals surface area contributed by atoms with Crippen LogP contribution in [0.2, 0.25) is 5.02 Å². The van der Waals surface area contributed by atoms with Crippen LogP contribution in [0.4, 0.5) is 5.69 Å². The Hall–Kier alpha value is -2.14. The molecule has 1 aromatic carbocycles. The lowest BCUT2D eigenvalue weighted by atomic mass is 10.2. The number of halogens is 1. The van der Waals surface area contributed by atoms with Crippen LogP contribution in [0.25, 0.3) is 0 Å². The van der Waals surface area contributed by atoms with Gasteiger partial charge in [-0.05, 0) is 44.5 Å². The van der Waals surface area contributed by atoms with E-state index in [1.807, 2.05) is 26.8 Å². The van der Waals surface area contributed by atoms with E-state index < -0.39 is 6.04 Å². The van der Waals surface area contributed by atoms with Crippen molar-refractivity contribution in [2.24, 2.45) is 0 Å². The van der Waals surface area contributed by atoms with Gasteiger partial charge >= 0.3 is 0 Å². The Bertz CT molecular complexity index is 782. The summed E-state index contributed by atoms with van der Waals surface area (Å²) in [5, 5.41) is 4.86. The van der Waals surface area contributed by atoms with Gasteiger partial charge in [0.1, 0.15) is 6.04 Å². The molecule has 1 aliphatic rings. The summed E-state index contributed by atoms with van der Waals surface area (Å²) in [4.78, 5) is 26.2. The molecule has 0 radical (unpaired) electrons. The number of amides is 2. The van der Waals surface area contributed by atoms with E-state index in [1.165, 1.54) is 4.90 Å². The molecule has 22 heavy (non-hydrogen) atoms. The van der Waals surface area contributed by atoms with Crippen molar-refractivity contribution in [3.05, 3.63) is 46.2 Å². The highest BCUT2D eigenvalue weighted by atomic mass is 35.5. The molecule has 5 nitrogen and oxygen atoms in total. The minimum absolute atomic E-state index is 0.117. The Morgan fingerprint density at radius 1 is 1.18 bits per heavy atom. The molecule has 1 aliphatic heterocycles. The Balaban J connectivity index is 1.98. The number of aromatic nitrogens is 2. The SMILES string of the molecule is Cc1cc(C)n([C@@H]2CC(=O)N(c3ccc(C)c(Cl)c3)C2=O)n1. The van der Waals surface area contributed by atoms with E-state index in [0.717, 1.165) is 17.0 Å². The van der Waals surface area contributed by atoms with E-state index in [-0.39, 0.29) is 18.2 Å². The molecular formula is C16H16ClN3O2. The maximum Gasteiger partial charge on any atom is 0.259 e. The van der Waals surface area contributed by atoms with Crippen LogP contribution in [0.5, 0.6) is 0 Å². The summed E-state index contributed by atoms with van der Waals surface area (Å²) >= 11 is 6.10. The minimum Gasteiger partial charge on any atom is -0.274 e. The number of hydrogen-bond acceptors (Lipinski definition) is 3. The lowest BCUT2D eigenvalue weighted by molar-refractivity contribution is -0.122. The molecule has 1 saturated heterocycles. The summed E-state index contributed by atoms with van der Waals surface area (Å²) in [5.74, 6) is -0.501. The van der Waals surface area contributed by atoms with Gasteiger partial charge in [-0.15, -0.1) is 0 Å². The summed E-state index contributed by atoms with van der Waals surface area (Å²) < 4.78 is 1.63. The third kappa shape index (κ3) is 2.31. The standard InChI is InChI=1S/C16H16ClN3O2/c1-9-4-5-12(7-13(9)17)19-15(21)8-14(16(19)22)20-11(3)6-10(2)18-20/h4-7,14H,8H2,1-3H3/t14-/m1/s1. The Kier molecular flexibility index (Phi) is 3.53. The van der Waals surface area contributed by atoms with E-state index >= 15 is 0 Å². The van der Waals surface area contributed by atoms with E-state index in [1.54, 1.807) is 22.9 Å². The number of anilines is 1. The summed E-state index contributed by atoms with van der Waals surface area (Å²) in [7, 11) is 0. The molecule has 2 aromatic rings. The molecule has 0 N–H and O–H groups in total. The predicted octanol–water partition coefficient (Wildman–Crippen LogP) is 2.97. The highest BCUT2D eigenvalue weighted by Crippen LogP contribution is 2.32. The van der Waals surface area contributed by atoms with Crippen LogP contribution < -0.4 is 4.90 Å². The smallest absolute Gasteiger partial charge is 0.259 e. The fraction of sp³-hybridized carbons (Fsp3) is 0.312. The highest BCUT2D eigenvalue weighted by Gasteiger charge is 2.41. The van der Waals surface area contributed by atoms with Crippen molar-refractivity contribution in [3.63, 3.8) is 0 Å². The monoisotopic (exact) mass is 317 g/mol. The average Bonchev–Trinajstić information content (AvgIpc) is 2.92. The van der Waals surface area contributed by atoms with E-state index in [0.29, 0.717) is 10.7 Å². The first-order chi connectivity index (χ1) is 10.4. The van der Waals surface area contributed by atoms with Crippen LogP contribution in [0.1, 0.15) is 29.4 Å². The minimum atomic E-state index is -0.582. The number of hydrogen-bond donors (Lipinski definition) is 0. The van der Waals surface area contributed by atoms with Crippen molar-refractivity contribution in [1.82, 2.24) is 9.78 Å². The number of rotatable bonds is 2. The van der Waals surface area contributed by atoms with Gasteiger partial charge in [-0.1, -0.05) is 17.7 Å². The second-order valence-corrected chi connectivity index (χ2v) is 6.00. The van der Waals surface area contributed by atoms with Crippen LogP contribution in [-0.2, 0) is 9.59 Å². The quantitative estimate of drug-likeness (QED) is 0.800. The summed E-state index contributed by atoms with van der Waals surface area (Å²) in [6.45, 7) is 5.61. The van der Waals surface area contributed by atoms with E-state index in [9.17, 15) is 9.59 Å². The fourth-order valence-electron chi connectivity index (χ4n) is 2.76. The van der Waals surface area contributed by atoms with Gasteiger partial charge in [0.15, 0.2) is 0 Å². The Morgan fingerprint density at radius 3 is 2.50 bits per heavy atom. The van der Waals surface area contributed by atoms with Gasteiger partial charge in [0.2, 0.25) is 5.91 Å². The first-order valence-corrected chi connectivity index (χ1v) is 7.42. The maximum absolute atomic E-state index is 12.7. The number of nitrogens with zero attached hydrogens (tertiary/aromatic N) is 3. The summed E-state index contributed by atoms with van der Waals surface area (Å²) in [5.41, 5.74) is 3.11. The number of carbonyl (C=O) groups excluding carboxylic acids is 2. The zero-order valence-electron chi connectivity index (χ0n) is 12.6. The van der Waals surface area contributed by atoms with Crippen LogP contribution >= 0.6 is 11.6 Å². The summed E-state index contributed by atoms with van der Waals surface area (Å²) in [6, 6.07) is 6.50. The topological polar surface area (TPSA) is 55.2 Å². The maximum atomic E-state index is 12.7. The molecular weight excluding hydrogens is 302 g/mol. The normalized spacial score (nSPS) is 18.4. The van der Waals surface area contributed by atoms with Crippen LogP contribution in [-0.4, -0.2) is 21.6 Å². The molecule has 0 bridgehead atoms. The number of carbonyl (C=O) groups is 2. The van der Waals surface area contributed by atoms with Crippen molar-refractivity contribution in [1.29, 1.82) is 0 Å². The second-order valence-electron chi connectivity index (χ2n) is 5.59. The predicted molar refractivity (Wildman–Crippen MR) is 84.0 cm³/mol. The number of benzene rings is 1. The van der Waals surface area contributed by atoms with Crippen LogP contribution in [0, 0.1) is 20.8 Å². The molecule has 1 aromatic heterocycles. The van der Waals surface area contributed by atoms with E-state index in [4.69, 9.17) is 11.6 Å². The average molecular weight is 318 g/mol. The van der Waals surface area contributed by atoms with Crippen molar-refractivity contribution in [2.75, 3.05) is 4.90 Å². The van der Waals surface area contributed by atoms with Crippen LogP contribution in [0.3, 0.4) is 0 Å². The molecule has 6 heteroatoms. The van der Waals surface area contributed by atoms with Crippen molar-refractivity contribution in [2.45, 2.75) is 33.2 Å². The molecule has 114 valence electrons. The van der Waals surface area contributed by atoms with E-state index in [2.05, 4.69) is 5.10 Å². The van der Waals surface area contributed by atoms with Gasteiger partial charge in [-0.25, -0.2) is 4.90 Å². The zero-order valence-corrected chi connectivity index (χ0v) is 13.4. The van der Waals surface area contributed by atoms with Crippen molar-refractivity contribution < 1.29 is 9.59 Å². The second kappa shape index (κ2) is 5.25. The lowest BCUT2D eigenvalue weighted by Gasteiger charge is -2.16. The third-order valence-corrected chi connectivity index (χ3v) is 4.28. The van der Waals surface area contributed by atoms with Gasteiger partial charge in [0, 0.05) is 10.7 Å². The number of imide groups is 1. The molecule has 2 amide bonds. The first kappa shape index (κ1) is 14.8. The molecule has 2 heterocycles. The van der Waals surface area contributed by atoms with Gasteiger partial charge in [0.05, 0.1) is 17.8 Å². The molecule has 0 spiro atoms. The first-order valence-electron chi connectivity index (χ1n) is 7.04. The van der Waals surface area contributed by atoms with Crippen molar-refractivity contribution in [3.8, 4) is 0 Å². The largest absolute Gasteiger partial charge is 0.274 e. The molecule has 0 unspecified atom stereocenters. The van der Waals surface area contributed by atoms with Gasteiger partial charge in [-0.3, -0.25) is 14.3 Å². The third-order valence-electron chi connectivity index (χ3n) is 3.88. The molecule has 1 fully saturated rings. The van der Waals surface area contributed by atoms with Gasteiger partial charge in [-0.2, -0.15) is 5.10 Å². The lowest BCUT2D eigenvalue weighted by Crippen LogP contribution is -2.31.